The average Bonchev–Trinajstić information content (AvgIpc) is 2.30. The maximum absolute atomic E-state index is 2.37. The molecule has 0 amide bonds. The van der Waals surface area contributed by atoms with E-state index in [9.17, 15) is 0 Å². The summed E-state index contributed by atoms with van der Waals surface area (Å²) in [5.41, 5.74) is 2.65. The van der Waals surface area contributed by atoms with Gasteiger partial charge in [0.05, 0.1) is 11.1 Å². The van der Waals surface area contributed by atoms with E-state index in [0.717, 1.165) is 0 Å². The van der Waals surface area contributed by atoms with Crippen LogP contribution < -0.4 is 0 Å². The van der Waals surface area contributed by atoms with Crippen molar-refractivity contribution in [3.05, 3.63) is 41.3 Å². The highest BCUT2D eigenvalue weighted by molar-refractivity contribution is 14.0. The van der Waals surface area contributed by atoms with E-state index >= 15 is 0 Å². The Hall–Kier alpha value is 0.190. The minimum absolute atomic E-state index is 0. The molecule has 1 unspecified atom stereocenters. The van der Waals surface area contributed by atoms with E-state index in [1.165, 1.54) is 17.0 Å². The lowest BCUT2D eigenvalue weighted by Crippen LogP contribution is -2.31. The van der Waals surface area contributed by atoms with Crippen LogP contribution in [0.4, 0.5) is 0 Å². The van der Waals surface area contributed by atoms with Crippen molar-refractivity contribution in [3.63, 3.8) is 0 Å². The molecule has 0 saturated carbocycles. The molecule has 0 spiro atoms. The second-order valence-electron chi connectivity index (χ2n) is 3.50. The van der Waals surface area contributed by atoms with E-state index in [1.807, 2.05) is 23.5 Å². The summed E-state index contributed by atoms with van der Waals surface area (Å²) in [4.78, 5) is 2.37. The van der Waals surface area contributed by atoms with E-state index in [4.69, 9.17) is 0 Å². The Kier molecular flexibility index (Phi) is 6.07. The molecule has 0 N–H and O–H groups in total. The number of thioether (sulfide) groups is 2. The normalized spacial score (nSPS) is 20.0. The maximum atomic E-state index is 2.37. The number of benzene rings is 1. The van der Waals surface area contributed by atoms with Crippen LogP contribution in [-0.2, 0) is 0 Å². The molecule has 2 rings (SSSR count). The second kappa shape index (κ2) is 6.81. The molecule has 16 heavy (non-hydrogen) atoms. The molecule has 1 aromatic carbocycles. The first-order valence-electron chi connectivity index (χ1n) is 4.95. The number of halogens is 1. The predicted molar refractivity (Wildman–Crippen MR) is 87.4 cm³/mol. The van der Waals surface area contributed by atoms with Gasteiger partial charge in [0.15, 0.2) is 0 Å². The molecule has 1 heterocycles. The zero-order chi connectivity index (χ0) is 10.7. The van der Waals surface area contributed by atoms with Crippen molar-refractivity contribution in [2.45, 2.75) is 5.37 Å². The van der Waals surface area contributed by atoms with Gasteiger partial charge in [-0.05, 0) is 17.2 Å². The Balaban J connectivity index is 0.00000128. The second-order valence-corrected chi connectivity index (χ2v) is 5.42. The van der Waals surface area contributed by atoms with Crippen LogP contribution in [0.2, 0.25) is 0 Å². The van der Waals surface area contributed by atoms with Gasteiger partial charge in [-0.25, -0.2) is 0 Å². The van der Waals surface area contributed by atoms with Gasteiger partial charge in [-0.15, -0.1) is 47.5 Å². The molecule has 1 aliphatic heterocycles. The van der Waals surface area contributed by atoms with Crippen LogP contribution >= 0.6 is 47.5 Å². The molecule has 1 nitrogen and oxygen atoms in total. The van der Waals surface area contributed by atoms with Crippen LogP contribution in [0.15, 0.2) is 35.7 Å². The van der Waals surface area contributed by atoms with E-state index in [-0.39, 0.29) is 24.0 Å². The maximum Gasteiger partial charge on any atom is 0.0838 e. The molecule has 88 valence electrons. The molecule has 1 atom stereocenters. The Labute approximate surface area is 123 Å². The van der Waals surface area contributed by atoms with Crippen molar-refractivity contribution in [1.82, 2.24) is 4.90 Å². The number of hydrogen-bond donors (Lipinski definition) is 0. The first kappa shape index (κ1) is 14.3. The number of hydrogen-bond acceptors (Lipinski definition) is 3. The standard InChI is InChI=1S/C12H15NS2.HI/c1-13-11(8-15-9-12(13)14-2)10-6-4-3-5-7-10;/h3-8,12H,9H2,1-2H3;1H. The summed E-state index contributed by atoms with van der Waals surface area (Å²) < 4.78 is 0. The van der Waals surface area contributed by atoms with Crippen LogP contribution in [0.25, 0.3) is 5.70 Å². The van der Waals surface area contributed by atoms with E-state index in [0.29, 0.717) is 5.37 Å². The van der Waals surface area contributed by atoms with Gasteiger partial charge in [0, 0.05) is 12.8 Å². The summed E-state index contributed by atoms with van der Waals surface area (Å²) in [7, 11) is 2.18. The summed E-state index contributed by atoms with van der Waals surface area (Å²) in [5.74, 6) is 1.17. The van der Waals surface area contributed by atoms with Gasteiger partial charge in [-0.1, -0.05) is 30.3 Å². The summed E-state index contributed by atoms with van der Waals surface area (Å²) in [6, 6.07) is 10.6. The van der Waals surface area contributed by atoms with Gasteiger partial charge >= 0.3 is 0 Å². The van der Waals surface area contributed by atoms with Crippen molar-refractivity contribution in [1.29, 1.82) is 0 Å². The first-order valence-corrected chi connectivity index (χ1v) is 7.29. The Bertz CT molecular complexity index is 353. The Morgan fingerprint density at radius 1 is 1.31 bits per heavy atom. The van der Waals surface area contributed by atoms with E-state index < -0.39 is 0 Å². The van der Waals surface area contributed by atoms with Crippen LogP contribution in [0.1, 0.15) is 5.56 Å². The van der Waals surface area contributed by atoms with Crippen LogP contribution in [0.5, 0.6) is 0 Å². The van der Waals surface area contributed by atoms with Gasteiger partial charge in [-0.2, -0.15) is 0 Å². The third-order valence-corrected chi connectivity index (χ3v) is 4.72. The lowest BCUT2D eigenvalue weighted by atomic mass is 10.1. The van der Waals surface area contributed by atoms with Crippen LogP contribution in [-0.4, -0.2) is 29.3 Å². The lowest BCUT2D eigenvalue weighted by Gasteiger charge is -2.33. The summed E-state index contributed by atoms with van der Waals surface area (Å²) in [5, 5.41) is 2.86. The van der Waals surface area contributed by atoms with E-state index in [2.05, 4.69) is 53.9 Å². The molecular weight excluding hydrogens is 349 g/mol. The monoisotopic (exact) mass is 365 g/mol. The zero-order valence-corrected chi connectivity index (χ0v) is 13.4. The third-order valence-electron chi connectivity index (χ3n) is 2.59. The number of nitrogens with zero attached hydrogens (tertiary/aromatic N) is 1. The Morgan fingerprint density at radius 2 is 2.00 bits per heavy atom. The van der Waals surface area contributed by atoms with Gasteiger partial charge < -0.3 is 4.90 Å². The van der Waals surface area contributed by atoms with Crippen molar-refractivity contribution >= 4 is 53.2 Å². The zero-order valence-electron chi connectivity index (χ0n) is 9.42. The molecular formula is C12H16INS2. The predicted octanol–water partition coefficient (Wildman–Crippen LogP) is 3.97. The fourth-order valence-electron chi connectivity index (χ4n) is 1.67. The molecule has 0 fully saturated rings. The summed E-state index contributed by atoms with van der Waals surface area (Å²) >= 11 is 3.83. The van der Waals surface area contributed by atoms with Crippen molar-refractivity contribution in [2.75, 3.05) is 19.1 Å². The highest BCUT2D eigenvalue weighted by Crippen LogP contribution is 2.32. The highest BCUT2D eigenvalue weighted by atomic mass is 127. The van der Waals surface area contributed by atoms with Crippen molar-refractivity contribution in [2.24, 2.45) is 0 Å². The molecule has 4 heteroatoms. The molecule has 0 aliphatic carbocycles. The summed E-state index contributed by atoms with van der Waals surface area (Å²) in [6.07, 6.45) is 2.18. The summed E-state index contributed by atoms with van der Waals surface area (Å²) in [6.45, 7) is 0. The third kappa shape index (κ3) is 3.11. The SMILES string of the molecule is CSC1CSC=C(c2ccccc2)N1C.I. The molecule has 1 aliphatic rings. The fraction of sp³-hybridized carbons (Fsp3) is 0.333. The van der Waals surface area contributed by atoms with Gasteiger partial charge in [0.2, 0.25) is 0 Å². The minimum Gasteiger partial charge on any atom is -0.361 e. The van der Waals surface area contributed by atoms with Crippen molar-refractivity contribution in [3.8, 4) is 0 Å². The quantitative estimate of drug-likeness (QED) is 0.731. The molecule has 0 radical (unpaired) electrons. The Morgan fingerprint density at radius 3 is 2.62 bits per heavy atom. The first-order chi connectivity index (χ1) is 7.33. The highest BCUT2D eigenvalue weighted by Gasteiger charge is 2.20. The van der Waals surface area contributed by atoms with Gasteiger partial charge in [-0.3, -0.25) is 0 Å². The van der Waals surface area contributed by atoms with E-state index in [1.54, 1.807) is 0 Å². The van der Waals surface area contributed by atoms with Crippen LogP contribution in [0, 0.1) is 0 Å². The van der Waals surface area contributed by atoms with Crippen molar-refractivity contribution < 1.29 is 0 Å². The van der Waals surface area contributed by atoms with Gasteiger partial charge in [0.25, 0.3) is 0 Å². The topological polar surface area (TPSA) is 3.24 Å². The van der Waals surface area contributed by atoms with Crippen LogP contribution in [0.3, 0.4) is 0 Å². The average molecular weight is 365 g/mol. The molecule has 0 bridgehead atoms. The van der Waals surface area contributed by atoms with Gasteiger partial charge in [0.1, 0.15) is 0 Å². The molecule has 0 aromatic heterocycles. The molecule has 1 aromatic rings. The largest absolute Gasteiger partial charge is 0.361 e. The molecule has 0 saturated heterocycles. The number of rotatable bonds is 2. The minimum atomic E-state index is 0. The lowest BCUT2D eigenvalue weighted by molar-refractivity contribution is 0.477. The smallest absolute Gasteiger partial charge is 0.0838 e. The fourth-order valence-corrected chi connectivity index (χ4v) is 3.82.